The molecule has 2 N–H and O–H groups in total. The number of nitrogens with zero attached hydrogens (tertiary/aromatic N) is 1. The van der Waals surface area contributed by atoms with Crippen LogP contribution in [0.1, 0.15) is 5.56 Å². The molecule has 2 heterocycles. The molecule has 0 bridgehead atoms. The first-order chi connectivity index (χ1) is 14.2. The largest absolute Gasteiger partial charge is 0.508 e. The van der Waals surface area contributed by atoms with Crippen LogP contribution in [-0.4, -0.2) is 16.0 Å². The summed E-state index contributed by atoms with van der Waals surface area (Å²) in [6.07, 6.45) is 0.261. The lowest BCUT2D eigenvalue weighted by molar-refractivity contribution is -0.115. The molecule has 4 aromatic rings. The van der Waals surface area contributed by atoms with E-state index in [1.165, 1.54) is 0 Å². The maximum absolute atomic E-state index is 12.6. The number of phenols is 1. The van der Waals surface area contributed by atoms with Crippen molar-refractivity contribution in [3.8, 4) is 39.4 Å². The van der Waals surface area contributed by atoms with E-state index in [0.717, 1.165) is 44.9 Å². The summed E-state index contributed by atoms with van der Waals surface area (Å²) in [4.78, 5) is 17.6. The highest BCUT2D eigenvalue weighted by Gasteiger charge is 2.24. The number of para-hydroxylation sites is 1. The van der Waals surface area contributed by atoms with Gasteiger partial charge >= 0.3 is 0 Å². The monoisotopic (exact) mass is 378 g/mol. The lowest BCUT2D eigenvalue weighted by atomic mass is 9.92. The minimum absolute atomic E-state index is 0.0486. The second-order valence-corrected chi connectivity index (χ2v) is 7.07. The van der Waals surface area contributed by atoms with E-state index in [2.05, 4.69) is 5.32 Å². The Bertz CT molecular complexity index is 1220. The molecule has 0 atom stereocenters. The fourth-order valence-corrected chi connectivity index (χ4v) is 3.78. The number of hydrogen-bond acceptors (Lipinski definition) is 3. The summed E-state index contributed by atoms with van der Waals surface area (Å²) in [5, 5.41) is 12.7. The van der Waals surface area contributed by atoms with E-state index in [-0.39, 0.29) is 18.1 Å². The molecule has 1 aliphatic rings. The number of pyridine rings is 1. The first kappa shape index (κ1) is 17.2. The highest BCUT2D eigenvalue weighted by atomic mass is 16.3. The van der Waals surface area contributed by atoms with E-state index in [9.17, 15) is 9.90 Å². The standard InChI is InChI=1S/C25H18N2O2/c28-18-12-10-17(11-13-18)23-14-20(16-6-2-1-3-7-16)21-15-24(29)26-22-9-5-4-8-19(22)25(21)27-23/h1-14,28H,15H2,(H,26,29). The fraction of sp³-hybridized carbons (Fsp3) is 0.0400. The number of carbonyl (C=O) groups is 1. The highest BCUT2D eigenvalue weighted by molar-refractivity contribution is 6.02. The number of nitrogens with one attached hydrogen (secondary N) is 1. The first-order valence-corrected chi connectivity index (χ1v) is 9.47. The minimum Gasteiger partial charge on any atom is -0.508 e. The van der Waals surface area contributed by atoms with Crippen molar-refractivity contribution in [2.45, 2.75) is 6.42 Å². The molecule has 4 nitrogen and oxygen atoms in total. The van der Waals surface area contributed by atoms with E-state index in [1.807, 2.05) is 72.8 Å². The van der Waals surface area contributed by atoms with Crippen LogP contribution in [0, 0.1) is 0 Å². The molecule has 3 aromatic carbocycles. The van der Waals surface area contributed by atoms with Crippen molar-refractivity contribution in [3.63, 3.8) is 0 Å². The predicted molar refractivity (Wildman–Crippen MR) is 115 cm³/mol. The Morgan fingerprint density at radius 3 is 2.31 bits per heavy atom. The zero-order valence-electron chi connectivity index (χ0n) is 15.6. The lowest BCUT2D eigenvalue weighted by Gasteiger charge is -2.15. The molecule has 140 valence electrons. The number of anilines is 1. The molecular formula is C25H18N2O2. The maximum atomic E-state index is 12.6. The van der Waals surface area contributed by atoms with Crippen LogP contribution in [0.25, 0.3) is 33.6 Å². The van der Waals surface area contributed by atoms with Gasteiger partial charge in [-0.15, -0.1) is 0 Å². The molecule has 0 fully saturated rings. The van der Waals surface area contributed by atoms with Crippen LogP contribution in [0.5, 0.6) is 5.75 Å². The molecule has 1 aliphatic heterocycles. The molecule has 0 radical (unpaired) electrons. The van der Waals surface area contributed by atoms with Crippen molar-refractivity contribution in [2.75, 3.05) is 5.32 Å². The van der Waals surface area contributed by atoms with E-state index in [4.69, 9.17) is 4.98 Å². The number of fused-ring (bicyclic) bond motifs is 3. The summed E-state index contributed by atoms with van der Waals surface area (Å²) in [6.45, 7) is 0. The van der Waals surface area contributed by atoms with Gasteiger partial charge in [0.1, 0.15) is 5.75 Å². The van der Waals surface area contributed by atoms with Gasteiger partial charge in [-0.1, -0.05) is 48.5 Å². The summed E-state index contributed by atoms with van der Waals surface area (Å²) >= 11 is 0. The van der Waals surface area contributed by atoms with Gasteiger partial charge in [-0.2, -0.15) is 0 Å². The number of phenolic OH excluding ortho intramolecular Hbond substituents is 1. The number of aromatic hydroxyl groups is 1. The molecule has 29 heavy (non-hydrogen) atoms. The third-order valence-electron chi connectivity index (χ3n) is 5.17. The molecule has 5 rings (SSSR count). The van der Waals surface area contributed by atoms with Crippen molar-refractivity contribution in [2.24, 2.45) is 0 Å². The van der Waals surface area contributed by atoms with Crippen LogP contribution in [0.2, 0.25) is 0 Å². The maximum Gasteiger partial charge on any atom is 0.228 e. The van der Waals surface area contributed by atoms with Gasteiger partial charge in [-0.05, 0) is 53.1 Å². The SMILES string of the molecule is O=C1Cc2c(-c3ccccc3)cc(-c3ccc(O)cc3)nc2-c2ccccc2N1. The Balaban J connectivity index is 1.83. The Kier molecular flexibility index (Phi) is 4.10. The molecule has 1 amide bonds. The lowest BCUT2D eigenvalue weighted by Crippen LogP contribution is -2.13. The predicted octanol–water partition coefficient (Wildman–Crippen LogP) is 5.28. The van der Waals surface area contributed by atoms with Gasteiger partial charge in [0.05, 0.1) is 23.5 Å². The van der Waals surface area contributed by atoms with E-state index >= 15 is 0 Å². The molecule has 4 heteroatoms. The quantitative estimate of drug-likeness (QED) is 0.499. The topological polar surface area (TPSA) is 62.2 Å². The second kappa shape index (κ2) is 6.91. The van der Waals surface area contributed by atoms with Gasteiger partial charge in [0, 0.05) is 11.1 Å². The average molecular weight is 378 g/mol. The molecule has 0 unspecified atom stereocenters. The van der Waals surface area contributed by atoms with Crippen LogP contribution in [-0.2, 0) is 11.2 Å². The molecule has 0 aliphatic carbocycles. The van der Waals surface area contributed by atoms with Gasteiger partial charge in [0.25, 0.3) is 0 Å². The van der Waals surface area contributed by atoms with E-state index < -0.39 is 0 Å². The van der Waals surface area contributed by atoms with Crippen LogP contribution in [0.3, 0.4) is 0 Å². The number of carbonyl (C=O) groups excluding carboxylic acids is 1. The van der Waals surface area contributed by atoms with Crippen LogP contribution < -0.4 is 5.32 Å². The molecule has 0 spiro atoms. The van der Waals surface area contributed by atoms with Crippen molar-refractivity contribution in [3.05, 3.63) is 90.5 Å². The van der Waals surface area contributed by atoms with Crippen molar-refractivity contribution in [1.82, 2.24) is 4.98 Å². The summed E-state index contributed by atoms with van der Waals surface area (Å²) in [7, 11) is 0. The summed E-state index contributed by atoms with van der Waals surface area (Å²) in [5.74, 6) is 0.166. The Morgan fingerprint density at radius 2 is 1.52 bits per heavy atom. The zero-order chi connectivity index (χ0) is 19.8. The van der Waals surface area contributed by atoms with Gasteiger partial charge < -0.3 is 10.4 Å². The first-order valence-electron chi connectivity index (χ1n) is 9.47. The molecule has 0 saturated carbocycles. The van der Waals surface area contributed by atoms with Crippen LogP contribution in [0.15, 0.2) is 84.9 Å². The number of amides is 1. The molecular weight excluding hydrogens is 360 g/mol. The average Bonchev–Trinajstić information content (AvgIpc) is 2.89. The van der Waals surface area contributed by atoms with Crippen molar-refractivity contribution < 1.29 is 9.90 Å². The highest BCUT2D eigenvalue weighted by Crippen LogP contribution is 2.39. The normalized spacial score (nSPS) is 12.5. The smallest absolute Gasteiger partial charge is 0.228 e. The van der Waals surface area contributed by atoms with Gasteiger partial charge in [0.15, 0.2) is 0 Å². The van der Waals surface area contributed by atoms with E-state index in [1.54, 1.807) is 12.1 Å². The van der Waals surface area contributed by atoms with Crippen LogP contribution in [0.4, 0.5) is 5.69 Å². The van der Waals surface area contributed by atoms with Gasteiger partial charge in [0.2, 0.25) is 5.91 Å². The van der Waals surface area contributed by atoms with Crippen molar-refractivity contribution in [1.29, 1.82) is 0 Å². The molecule has 1 aromatic heterocycles. The Morgan fingerprint density at radius 1 is 0.793 bits per heavy atom. The fourth-order valence-electron chi connectivity index (χ4n) is 3.78. The number of aromatic nitrogens is 1. The van der Waals surface area contributed by atoms with E-state index in [0.29, 0.717) is 0 Å². The third kappa shape index (κ3) is 3.15. The Labute approximate surface area is 168 Å². The van der Waals surface area contributed by atoms with Crippen LogP contribution >= 0.6 is 0 Å². The number of hydrogen-bond donors (Lipinski definition) is 2. The second-order valence-electron chi connectivity index (χ2n) is 7.07. The number of rotatable bonds is 2. The summed E-state index contributed by atoms with van der Waals surface area (Å²) in [5.41, 5.74) is 7.14. The van der Waals surface area contributed by atoms with Crippen molar-refractivity contribution >= 4 is 11.6 Å². The molecule has 0 saturated heterocycles. The zero-order valence-corrected chi connectivity index (χ0v) is 15.6. The summed E-state index contributed by atoms with van der Waals surface area (Å²) in [6, 6.07) is 26.9. The third-order valence-corrected chi connectivity index (χ3v) is 5.17. The Hall–Kier alpha value is -3.92. The van der Waals surface area contributed by atoms with Gasteiger partial charge in [-0.25, -0.2) is 4.98 Å². The number of benzene rings is 3. The van der Waals surface area contributed by atoms with Gasteiger partial charge in [-0.3, -0.25) is 4.79 Å². The minimum atomic E-state index is -0.0486. The summed E-state index contributed by atoms with van der Waals surface area (Å²) < 4.78 is 0.